The summed E-state index contributed by atoms with van der Waals surface area (Å²) in [4.78, 5) is 21.1. The van der Waals surface area contributed by atoms with E-state index in [2.05, 4.69) is 10.3 Å². The van der Waals surface area contributed by atoms with Crippen molar-refractivity contribution in [2.24, 2.45) is 0 Å². The number of halogens is 3. The quantitative estimate of drug-likeness (QED) is 0.816. The van der Waals surface area contributed by atoms with Crippen LogP contribution in [0.15, 0.2) is 42.7 Å². The van der Waals surface area contributed by atoms with E-state index in [1.54, 1.807) is 24.5 Å². The number of carbonyl (C=O) groups is 1. The van der Waals surface area contributed by atoms with Crippen molar-refractivity contribution >= 4 is 36.4 Å². The van der Waals surface area contributed by atoms with Crippen molar-refractivity contribution in [3.8, 4) is 0 Å². The van der Waals surface area contributed by atoms with Crippen LogP contribution < -0.4 is 10.2 Å². The molecule has 2 saturated heterocycles. The third kappa shape index (κ3) is 4.57. The summed E-state index contributed by atoms with van der Waals surface area (Å²) in [5, 5.41) is 3.32. The van der Waals surface area contributed by atoms with Gasteiger partial charge in [-0.3, -0.25) is 9.78 Å². The molecule has 152 valence electrons. The van der Waals surface area contributed by atoms with Crippen molar-refractivity contribution in [3.05, 3.63) is 59.7 Å². The first-order chi connectivity index (χ1) is 12.7. The molecule has 1 atom stereocenters. The number of piperazine rings is 1. The van der Waals surface area contributed by atoms with Crippen molar-refractivity contribution in [3.63, 3.8) is 0 Å². The standard InChI is InChI=1S/C20H23FN4O.2ClH/c21-17-12-15(5-6-18(17)24-9-1-2-10-24)20(26)25-11-8-23-14-19(25)16-4-3-7-22-13-16;;/h3-7,12-13,19,23H,1-2,8-11,14H2;2*1H. The molecular formula is C20H25Cl2FN4O. The van der Waals surface area contributed by atoms with Crippen LogP contribution in [0, 0.1) is 5.82 Å². The number of hydrogen-bond acceptors (Lipinski definition) is 4. The van der Waals surface area contributed by atoms with Crippen LogP contribution >= 0.6 is 24.8 Å². The van der Waals surface area contributed by atoms with Crippen molar-refractivity contribution in [1.29, 1.82) is 0 Å². The van der Waals surface area contributed by atoms with Crippen molar-refractivity contribution in [2.75, 3.05) is 37.6 Å². The highest BCUT2D eigenvalue weighted by Crippen LogP contribution is 2.27. The van der Waals surface area contributed by atoms with Crippen LogP contribution in [0.3, 0.4) is 0 Å². The minimum Gasteiger partial charge on any atom is -0.369 e. The molecule has 0 bridgehead atoms. The molecule has 1 amide bonds. The van der Waals surface area contributed by atoms with Gasteiger partial charge in [0.2, 0.25) is 0 Å². The van der Waals surface area contributed by atoms with E-state index in [4.69, 9.17) is 0 Å². The Balaban J connectivity index is 0.00000140. The number of rotatable bonds is 3. The largest absolute Gasteiger partial charge is 0.369 e. The second-order valence-corrected chi connectivity index (χ2v) is 6.87. The van der Waals surface area contributed by atoms with E-state index in [1.165, 1.54) is 6.07 Å². The lowest BCUT2D eigenvalue weighted by atomic mass is 10.0. The van der Waals surface area contributed by atoms with Crippen LogP contribution in [-0.4, -0.2) is 48.5 Å². The average Bonchev–Trinajstić information content (AvgIpc) is 3.22. The Morgan fingerprint density at radius 2 is 1.93 bits per heavy atom. The van der Waals surface area contributed by atoms with E-state index >= 15 is 0 Å². The minimum atomic E-state index is -0.314. The zero-order chi connectivity index (χ0) is 17.9. The van der Waals surface area contributed by atoms with Gasteiger partial charge in [-0.2, -0.15) is 0 Å². The maximum absolute atomic E-state index is 14.6. The summed E-state index contributed by atoms with van der Waals surface area (Å²) in [5.74, 6) is -0.446. The fourth-order valence-electron chi connectivity index (χ4n) is 3.84. The van der Waals surface area contributed by atoms with E-state index in [1.807, 2.05) is 21.9 Å². The third-order valence-corrected chi connectivity index (χ3v) is 5.21. The van der Waals surface area contributed by atoms with Crippen LogP contribution in [0.4, 0.5) is 10.1 Å². The van der Waals surface area contributed by atoms with E-state index in [0.29, 0.717) is 24.3 Å². The number of amides is 1. The molecule has 2 aliphatic rings. The molecule has 1 aromatic carbocycles. The molecule has 8 heteroatoms. The first-order valence-corrected chi connectivity index (χ1v) is 9.20. The van der Waals surface area contributed by atoms with Gasteiger partial charge in [-0.1, -0.05) is 6.07 Å². The number of nitrogens with zero attached hydrogens (tertiary/aromatic N) is 3. The Kier molecular flexibility index (Phi) is 8.04. The monoisotopic (exact) mass is 426 g/mol. The van der Waals surface area contributed by atoms with E-state index < -0.39 is 0 Å². The topological polar surface area (TPSA) is 48.5 Å². The Labute approximate surface area is 177 Å². The number of anilines is 1. The zero-order valence-corrected chi connectivity index (χ0v) is 17.1. The fourth-order valence-corrected chi connectivity index (χ4v) is 3.84. The fraction of sp³-hybridized carbons (Fsp3) is 0.400. The van der Waals surface area contributed by atoms with E-state index in [-0.39, 0.29) is 42.6 Å². The van der Waals surface area contributed by atoms with Crippen molar-refractivity contribution < 1.29 is 9.18 Å². The van der Waals surface area contributed by atoms with Crippen LogP contribution in [0.1, 0.15) is 34.8 Å². The maximum atomic E-state index is 14.6. The maximum Gasteiger partial charge on any atom is 0.254 e. The molecule has 5 nitrogen and oxygen atoms in total. The average molecular weight is 427 g/mol. The van der Waals surface area contributed by atoms with Crippen molar-refractivity contribution in [2.45, 2.75) is 18.9 Å². The van der Waals surface area contributed by atoms with Crippen LogP contribution in [0.2, 0.25) is 0 Å². The first kappa shape index (κ1) is 22.4. The predicted molar refractivity (Wildman–Crippen MR) is 113 cm³/mol. The normalized spacial score (nSPS) is 19.0. The molecule has 0 radical (unpaired) electrons. The zero-order valence-electron chi connectivity index (χ0n) is 15.5. The third-order valence-electron chi connectivity index (χ3n) is 5.21. The number of carbonyl (C=O) groups excluding carboxylic acids is 1. The van der Waals surface area contributed by atoms with Gasteiger partial charge in [-0.15, -0.1) is 24.8 Å². The molecule has 1 aromatic heterocycles. The molecule has 1 unspecified atom stereocenters. The van der Waals surface area contributed by atoms with Crippen molar-refractivity contribution in [1.82, 2.24) is 15.2 Å². The lowest BCUT2D eigenvalue weighted by Crippen LogP contribution is -2.48. The summed E-state index contributed by atoms with van der Waals surface area (Å²) < 4.78 is 14.6. The Morgan fingerprint density at radius 3 is 2.61 bits per heavy atom. The van der Waals surface area contributed by atoms with E-state index in [9.17, 15) is 9.18 Å². The lowest BCUT2D eigenvalue weighted by Gasteiger charge is -2.36. The van der Waals surface area contributed by atoms with Gasteiger partial charge in [0.05, 0.1) is 11.7 Å². The Morgan fingerprint density at radius 1 is 1.14 bits per heavy atom. The first-order valence-electron chi connectivity index (χ1n) is 9.20. The predicted octanol–water partition coefficient (Wildman–Crippen LogP) is 3.45. The number of benzene rings is 1. The van der Waals surface area contributed by atoms with Gasteiger partial charge in [0.15, 0.2) is 0 Å². The SMILES string of the molecule is Cl.Cl.O=C(c1ccc(N2CCCC2)c(F)c1)N1CCNCC1c1cccnc1. The highest BCUT2D eigenvalue weighted by Gasteiger charge is 2.29. The molecule has 28 heavy (non-hydrogen) atoms. The highest BCUT2D eigenvalue weighted by molar-refractivity contribution is 5.95. The van der Waals surface area contributed by atoms with Gasteiger partial charge in [0.25, 0.3) is 5.91 Å². The number of pyridine rings is 1. The van der Waals surface area contributed by atoms with Gasteiger partial charge in [0, 0.05) is 50.7 Å². The number of nitrogens with one attached hydrogen (secondary N) is 1. The molecule has 2 fully saturated rings. The number of aromatic nitrogens is 1. The molecule has 3 heterocycles. The minimum absolute atomic E-state index is 0. The summed E-state index contributed by atoms with van der Waals surface area (Å²) in [6.45, 7) is 3.76. The molecule has 0 spiro atoms. The molecule has 1 N–H and O–H groups in total. The van der Waals surface area contributed by atoms with E-state index in [0.717, 1.165) is 38.0 Å². The summed E-state index contributed by atoms with van der Waals surface area (Å²) >= 11 is 0. The lowest BCUT2D eigenvalue weighted by molar-refractivity contribution is 0.0633. The molecule has 2 aliphatic heterocycles. The highest BCUT2D eigenvalue weighted by atomic mass is 35.5. The molecule has 0 saturated carbocycles. The van der Waals surface area contributed by atoms with Crippen LogP contribution in [0.25, 0.3) is 0 Å². The van der Waals surface area contributed by atoms with Gasteiger partial charge < -0.3 is 15.1 Å². The molecule has 0 aliphatic carbocycles. The summed E-state index contributed by atoms with van der Waals surface area (Å²) in [6, 6.07) is 8.64. The smallest absolute Gasteiger partial charge is 0.254 e. The second kappa shape index (κ2) is 10.0. The summed E-state index contributed by atoms with van der Waals surface area (Å²) in [7, 11) is 0. The molecule has 4 rings (SSSR count). The van der Waals surface area contributed by atoms with Crippen LogP contribution in [0.5, 0.6) is 0 Å². The molecule has 2 aromatic rings. The van der Waals surface area contributed by atoms with Gasteiger partial charge in [-0.25, -0.2) is 4.39 Å². The Hall–Kier alpha value is -1.89. The Bertz CT molecular complexity index is 787. The van der Waals surface area contributed by atoms with Gasteiger partial charge in [-0.05, 0) is 42.7 Å². The molecular weight excluding hydrogens is 402 g/mol. The second-order valence-electron chi connectivity index (χ2n) is 6.87. The summed E-state index contributed by atoms with van der Waals surface area (Å²) in [6.07, 6.45) is 5.69. The summed E-state index contributed by atoms with van der Waals surface area (Å²) in [5.41, 5.74) is 1.99. The number of hydrogen-bond donors (Lipinski definition) is 1. The van der Waals surface area contributed by atoms with Gasteiger partial charge in [0.1, 0.15) is 5.82 Å². The van der Waals surface area contributed by atoms with Crippen LogP contribution in [-0.2, 0) is 0 Å². The van der Waals surface area contributed by atoms with Gasteiger partial charge >= 0.3 is 0 Å².